The lowest BCUT2D eigenvalue weighted by Gasteiger charge is -2.21. The number of aromatic nitrogens is 2. The number of ether oxygens (including phenoxy) is 1. The molecule has 7 nitrogen and oxygen atoms in total. The molecule has 1 N–H and O–H groups in total. The molecule has 0 aliphatic rings. The zero-order valence-electron chi connectivity index (χ0n) is 17.9. The van der Waals surface area contributed by atoms with E-state index < -0.39 is 12.0 Å². The minimum atomic E-state index is -0.701. The van der Waals surface area contributed by atoms with E-state index in [4.69, 9.17) is 4.74 Å². The van der Waals surface area contributed by atoms with Gasteiger partial charge in [-0.1, -0.05) is 62.4 Å². The van der Waals surface area contributed by atoms with Gasteiger partial charge in [0.2, 0.25) is 5.91 Å². The molecule has 0 spiro atoms. The molecular formula is C22H25N3O4S2. The summed E-state index contributed by atoms with van der Waals surface area (Å²) >= 11 is 2.57. The van der Waals surface area contributed by atoms with Crippen molar-refractivity contribution in [1.82, 2.24) is 14.9 Å². The van der Waals surface area contributed by atoms with Crippen LogP contribution in [-0.4, -0.2) is 40.3 Å². The number of nitrogens with zero attached hydrogens (tertiary/aromatic N) is 2. The molecule has 2 aromatic heterocycles. The van der Waals surface area contributed by atoms with Crippen molar-refractivity contribution < 1.29 is 14.3 Å². The Morgan fingerprint density at radius 3 is 2.65 bits per heavy atom. The van der Waals surface area contributed by atoms with E-state index in [-0.39, 0.29) is 23.1 Å². The van der Waals surface area contributed by atoms with Gasteiger partial charge in [0.25, 0.3) is 5.56 Å². The molecule has 164 valence electrons. The number of thiophene rings is 1. The molecule has 1 amide bonds. The average Bonchev–Trinajstić information content (AvgIpc) is 3.22. The fourth-order valence-corrected chi connectivity index (χ4v) is 4.93. The Morgan fingerprint density at radius 1 is 1.29 bits per heavy atom. The van der Waals surface area contributed by atoms with E-state index in [1.165, 1.54) is 23.0 Å². The zero-order chi connectivity index (χ0) is 22.5. The van der Waals surface area contributed by atoms with Crippen LogP contribution in [-0.2, 0) is 21.4 Å². The summed E-state index contributed by atoms with van der Waals surface area (Å²) in [5.74, 6) is -0.798. The first-order chi connectivity index (χ1) is 14.9. The summed E-state index contributed by atoms with van der Waals surface area (Å²) in [5.41, 5.74) is 1.67. The highest BCUT2D eigenvalue weighted by Crippen LogP contribution is 2.31. The van der Waals surface area contributed by atoms with Crippen LogP contribution in [0.3, 0.4) is 0 Å². The van der Waals surface area contributed by atoms with Gasteiger partial charge in [-0.3, -0.25) is 14.2 Å². The van der Waals surface area contributed by atoms with Crippen LogP contribution in [0.4, 0.5) is 0 Å². The number of nitrogens with one attached hydrogen (secondary N) is 1. The Morgan fingerprint density at radius 2 is 2.00 bits per heavy atom. The predicted molar refractivity (Wildman–Crippen MR) is 124 cm³/mol. The molecular weight excluding hydrogens is 434 g/mol. The highest BCUT2D eigenvalue weighted by atomic mass is 32.2. The number of carbonyl (C=O) groups is 2. The van der Waals surface area contributed by atoms with Gasteiger partial charge >= 0.3 is 5.97 Å². The monoisotopic (exact) mass is 459 g/mol. The van der Waals surface area contributed by atoms with Crippen molar-refractivity contribution in [2.24, 2.45) is 13.0 Å². The number of hydrogen-bond acceptors (Lipinski definition) is 7. The number of amides is 1. The number of thioether (sulfide) groups is 1. The fraction of sp³-hybridized carbons (Fsp3) is 0.364. The molecule has 0 radical (unpaired) electrons. The number of rotatable bonds is 8. The van der Waals surface area contributed by atoms with Crippen molar-refractivity contribution in [3.05, 3.63) is 46.1 Å². The molecule has 9 heteroatoms. The SMILES string of the molecule is CC[C@@H](C)[C@@H](NC(=O)CSc1nc2scc(-c3ccccc3)c2c(=O)n1C)C(=O)OC. The van der Waals surface area contributed by atoms with Crippen LogP contribution in [0, 0.1) is 5.92 Å². The van der Waals surface area contributed by atoms with Gasteiger partial charge in [-0.05, 0) is 11.5 Å². The summed E-state index contributed by atoms with van der Waals surface area (Å²) < 4.78 is 6.27. The molecule has 0 saturated heterocycles. The lowest BCUT2D eigenvalue weighted by molar-refractivity contribution is -0.146. The molecule has 0 saturated carbocycles. The van der Waals surface area contributed by atoms with Gasteiger partial charge in [0.05, 0.1) is 18.2 Å². The largest absolute Gasteiger partial charge is 0.467 e. The van der Waals surface area contributed by atoms with Gasteiger partial charge in [-0.25, -0.2) is 9.78 Å². The van der Waals surface area contributed by atoms with E-state index in [1.807, 2.05) is 49.6 Å². The topological polar surface area (TPSA) is 90.3 Å². The summed E-state index contributed by atoms with van der Waals surface area (Å²) in [4.78, 5) is 42.7. The Bertz CT molecular complexity index is 1140. The van der Waals surface area contributed by atoms with Crippen molar-refractivity contribution in [1.29, 1.82) is 0 Å². The van der Waals surface area contributed by atoms with Crippen LogP contribution < -0.4 is 10.9 Å². The minimum absolute atomic E-state index is 0.0344. The molecule has 1 aromatic carbocycles. The van der Waals surface area contributed by atoms with Crippen LogP contribution in [0.5, 0.6) is 0 Å². The van der Waals surface area contributed by atoms with Gasteiger partial charge in [0.15, 0.2) is 5.16 Å². The van der Waals surface area contributed by atoms with Gasteiger partial charge < -0.3 is 10.1 Å². The van der Waals surface area contributed by atoms with E-state index in [0.717, 1.165) is 29.3 Å². The molecule has 3 aromatic rings. The quantitative estimate of drug-likeness (QED) is 0.315. The molecule has 0 fully saturated rings. The summed E-state index contributed by atoms with van der Waals surface area (Å²) in [6.07, 6.45) is 0.724. The third kappa shape index (κ3) is 4.99. The van der Waals surface area contributed by atoms with E-state index in [9.17, 15) is 14.4 Å². The Hall–Kier alpha value is -2.65. The first kappa shape index (κ1) is 23.0. The van der Waals surface area contributed by atoms with Gasteiger partial charge in [0, 0.05) is 18.0 Å². The second-order valence-electron chi connectivity index (χ2n) is 7.20. The molecule has 0 bridgehead atoms. The van der Waals surface area contributed by atoms with Crippen LogP contribution in [0.15, 0.2) is 45.7 Å². The maximum atomic E-state index is 13.0. The lowest BCUT2D eigenvalue weighted by Crippen LogP contribution is -2.46. The second kappa shape index (κ2) is 10.1. The van der Waals surface area contributed by atoms with Crippen LogP contribution in [0.1, 0.15) is 20.3 Å². The highest BCUT2D eigenvalue weighted by Gasteiger charge is 2.27. The van der Waals surface area contributed by atoms with E-state index >= 15 is 0 Å². The number of esters is 1. The second-order valence-corrected chi connectivity index (χ2v) is 9.00. The molecule has 2 atom stereocenters. The first-order valence-corrected chi connectivity index (χ1v) is 11.8. The van der Waals surface area contributed by atoms with Crippen LogP contribution >= 0.6 is 23.1 Å². The number of carbonyl (C=O) groups excluding carboxylic acids is 2. The van der Waals surface area contributed by atoms with Crippen molar-refractivity contribution in [2.45, 2.75) is 31.5 Å². The molecule has 3 rings (SSSR count). The summed E-state index contributed by atoms with van der Waals surface area (Å²) in [7, 11) is 2.95. The third-order valence-electron chi connectivity index (χ3n) is 5.18. The summed E-state index contributed by atoms with van der Waals surface area (Å²) in [5, 5.41) is 5.70. The Labute approximate surface area is 188 Å². The normalized spacial score (nSPS) is 13.0. The molecule has 31 heavy (non-hydrogen) atoms. The third-order valence-corrected chi connectivity index (χ3v) is 7.08. The smallest absolute Gasteiger partial charge is 0.328 e. The molecule has 0 unspecified atom stereocenters. The molecule has 0 aliphatic heterocycles. The number of hydrogen-bond donors (Lipinski definition) is 1. The molecule has 2 heterocycles. The fourth-order valence-electron chi connectivity index (χ4n) is 3.15. The van der Waals surface area contributed by atoms with Crippen molar-refractivity contribution in [3.63, 3.8) is 0 Å². The summed E-state index contributed by atoms with van der Waals surface area (Å²) in [6.45, 7) is 3.83. The predicted octanol–water partition coefficient (Wildman–Crippen LogP) is 3.46. The lowest BCUT2D eigenvalue weighted by atomic mass is 9.99. The minimum Gasteiger partial charge on any atom is -0.467 e. The van der Waals surface area contributed by atoms with E-state index in [0.29, 0.717) is 15.4 Å². The highest BCUT2D eigenvalue weighted by molar-refractivity contribution is 7.99. The van der Waals surface area contributed by atoms with Gasteiger partial charge in [0.1, 0.15) is 10.9 Å². The van der Waals surface area contributed by atoms with Gasteiger partial charge in [-0.2, -0.15) is 0 Å². The van der Waals surface area contributed by atoms with Crippen LogP contribution in [0.25, 0.3) is 21.3 Å². The maximum absolute atomic E-state index is 13.0. The van der Waals surface area contributed by atoms with E-state index in [2.05, 4.69) is 10.3 Å². The molecule has 0 aliphatic carbocycles. The number of fused-ring (bicyclic) bond motifs is 1. The summed E-state index contributed by atoms with van der Waals surface area (Å²) in [6, 6.07) is 9.01. The number of methoxy groups -OCH3 is 1. The zero-order valence-corrected chi connectivity index (χ0v) is 19.5. The van der Waals surface area contributed by atoms with Crippen molar-refractivity contribution in [2.75, 3.05) is 12.9 Å². The Kier molecular flexibility index (Phi) is 7.50. The maximum Gasteiger partial charge on any atom is 0.328 e. The van der Waals surface area contributed by atoms with Crippen LogP contribution in [0.2, 0.25) is 0 Å². The average molecular weight is 460 g/mol. The van der Waals surface area contributed by atoms with E-state index in [1.54, 1.807) is 7.05 Å². The number of benzene rings is 1. The van der Waals surface area contributed by atoms with Crippen molar-refractivity contribution in [3.8, 4) is 11.1 Å². The Balaban J connectivity index is 1.80. The van der Waals surface area contributed by atoms with Gasteiger partial charge in [-0.15, -0.1) is 11.3 Å². The standard InChI is InChI=1S/C22H25N3O4S2/c1-5-13(2)18(21(28)29-4)23-16(26)12-31-22-24-19-17(20(27)25(22)3)15(11-30-19)14-9-7-6-8-10-14/h6-11,13,18H,5,12H2,1-4H3,(H,23,26)/t13-,18-/m1/s1. The van der Waals surface area contributed by atoms with Crippen molar-refractivity contribution >= 4 is 45.2 Å². The first-order valence-electron chi connectivity index (χ1n) is 9.91.